The first kappa shape index (κ1) is 17.3. The molecule has 0 saturated heterocycles. The highest BCUT2D eigenvalue weighted by atomic mass is 35.5. The zero-order valence-corrected chi connectivity index (χ0v) is 16.7. The lowest BCUT2D eigenvalue weighted by atomic mass is 10.1. The van der Waals surface area contributed by atoms with Crippen LogP contribution in [0.1, 0.15) is 35.0 Å². The minimum atomic E-state index is -0.239. The Morgan fingerprint density at radius 2 is 2.14 bits per heavy atom. The molecule has 0 bridgehead atoms. The number of amides is 1. The molecule has 1 aromatic carbocycles. The Morgan fingerprint density at radius 1 is 1.29 bits per heavy atom. The second-order valence-electron chi connectivity index (χ2n) is 6.61. The van der Waals surface area contributed by atoms with E-state index >= 15 is 0 Å². The number of fused-ring (bicyclic) bond motifs is 2. The first-order chi connectivity index (χ1) is 13.5. The molecule has 0 radical (unpaired) electrons. The number of rotatable bonds is 2. The van der Waals surface area contributed by atoms with E-state index in [0.717, 1.165) is 16.2 Å². The third kappa shape index (κ3) is 2.54. The first-order valence-electron chi connectivity index (χ1n) is 8.75. The van der Waals surface area contributed by atoms with Gasteiger partial charge in [-0.1, -0.05) is 11.6 Å². The largest absolute Gasteiger partial charge is 0.463 e. The molecule has 1 aliphatic rings. The molecule has 0 fully saturated rings. The Labute approximate surface area is 168 Å². The van der Waals surface area contributed by atoms with E-state index in [1.165, 1.54) is 11.5 Å². The highest BCUT2D eigenvalue weighted by molar-refractivity contribution is 7.09. The fourth-order valence-electron chi connectivity index (χ4n) is 3.56. The zero-order chi connectivity index (χ0) is 19.4. The van der Waals surface area contributed by atoms with Gasteiger partial charge in [-0.2, -0.15) is 4.37 Å². The highest BCUT2D eigenvalue weighted by Crippen LogP contribution is 2.33. The average Bonchev–Trinajstić information content (AvgIpc) is 3.41. The van der Waals surface area contributed by atoms with Gasteiger partial charge in [-0.3, -0.25) is 4.79 Å². The first-order valence-corrected chi connectivity index (χ1v) is 9.90. The van der Waals surface area contributed by atoms with Crippen molar-refractivity contribution in [3.63, 3.8) is 0 Å². The van der Waals surface area contributed by atoms with Gasteiger partial charge in [0.15, 0.2) is 16.7 Å². The molecule has 4 aromatic rings. The van der Waals surface area contributed by atoms with Gasteiger partial charge in [0.25, 0.3) is 5.91 Å². The summed E-state index contributed by atoms with van der Waals surface area (Å²) in [5.41, 5.74) is 0.992. The molecule has 5 rings (SSSR count). The summed E-state index contributed by atoms with van der Waals surface area (Å²) in [5, 5.41) is 10.7. The third-order valence-corrected chi connectivity index (χ3v) is 6.09. The summed E-state index contributed by atoms with van der Waals surface area (Å²) in [6.07, 6.45) is 1.54. The normalized spacial score (nSPS) is 16.5. The number of nitrogens with zero attached hydrogens (tertiary/aromatic N) is 6. The lowest BCUT2D eigenvalue weighted by molar-refractivity contribution is 0.0639. The molecule has 28 heavy (non-hydrogen) atoms. The number of carbonyl (C=O) groups excluding carboxylic acids is 1. The van der Waals surface area contributed by atoms with Gasteiger partial charge in [-0.15, -0.1) is 10.2 Å². The summed E-state index contributed by atoms with van der Waals surface area (Å²) in [4.78, 5) is 19.5. The van der Waals surface area contributed by atoms with Gasteiger partial charge in [0.05, 0.1) is 22.9 Å². The van der Waals surface area contributed by atoms with Crippen molar-refractivity contribution in [1.29, 1.82) is 0 Å². The molecule has 8 nitrogen and oxygen atoms in total. The van der Waals surface area contributed by atoms with Crippen LogP contribution in [0.25, 0.3) is 21.8 Å². The maximum Gasteiger partial charge on any atom is 0.258 e. The Bertz CT molecular complexity index is 1210. The van der Waals surface area contributed by atoms with Crippen LogP contribution in [0, 0.1) is 6.92 Å². The van der Waals surface area contributed by atoms with Gasteiger partial charge >= 0.3 is 0 Å². The van der Waals surface area contributed by atoms with Gasteiger partial charge in [0.2, 0.25) is 0 Å². The molecule has 0 aliphatic carbocycles. The van der Waals surface area contributed by atoms with E-state index in [2.05, 4.69) is 19.6 Å². The van der Waals surface area contributed by atoms with Gasteiger partial charge in [0.1, 0.15) is 11.4 Å². The molecule has 0 unspecified atom stereocenters. The maximum atomic E-state index is 13.3. The number of benzene rings is 1. The molecule has 1 atom stereocenters. The number of aromatic nitrogens is 5. The van der Waals surface area contributed by atoms with Crippen molar-refractivity contribution in [2.75, 3.05) is 6.54 Å². The van der Waals surface area contributed by atoms with Crippen LogP contribution in [0.2, 0.25) is 5.02 Å². The quantitative estimate of drug-likeness (QED) is 0.496. The molecule has 1 amide bonds. The third-order valence-electron chi connectivity index (χ3n) is 4.96. The van der Waals surface area contributed by atoms with E-state index in [9.17, 15) is 4.79 Å². The van der Waals surface area contributed by atoms with Crippen molar-refractivity contribution >= 4 is 40.0 Å². The molecule has 1 aliphatic heterocycles. The number of hydrogen-bond acceptors (Lipinski definition) is 7. The van der Waals surface area contributed by atoms with E-state index in [0.29, 0.717) is 40.9 Å². The SMILES string of the molecule is Cc1nsc(-c2nnc3n2CCN(C(=O)c2ccc(Cl)c4ccoc24)[C@@H]3C)n1. The number of hydrogen-bond donors (Lipinski definition) is 0. The molecule has 142 valence electrons. The second-order valence-corrected chi connectivity index (χ2v) is 7.77. The molecule has 0 saturated carbocycles. The van der Waals surface area contributed by atoms with Gasteiger partial charge in [-0.25, -0.2) is 4.98 Å². The van der Waals surface area contributed by atoms with Gasteiger partial charge in [0, 0.05) is 18.5 Å². The topological polar surface area (TPSA) is 89.9 Å². The lowest BCUT2D eigenvalue weighted by Crippen LogP contribution is -2.41. The summed E-state index contributed by atoms with van der Waals surface area (Å²) in [6, 6.07) is 4.95. The summed E-state index contributed by atoms with van der Waals surface area (Å²) in [5.74, 6) is 2.02. The molecule has 3 aromatic heterocycles. The van der Waals surface area contributed by atoms with E-state index in [1.807, 2.05) is 18.4 Å². The highest BCUT2D eigenvalue weighted by Gasteiger charge is 2.33. The maximum absolute atomic E-state index is 13.3. The van der Waals surface area contributed by atoms with Crippen LogP contribution in [0.15, 0.2) is 28.9 Å². The van der Waals surface area contributed by atoms with E-state index in [-0.39, 0.29) is 11.9 Å². The van der Waals surface area contributed by atoms with Crippen molar-refractivity contribution in [2.24, 2.45) is 0 Å². The molecule has 4 heterocycles. The zero-order valence-electron chi connectivity index (χ0n) is 15.1. The van der Waals surface area contributed by atoms with Gasteiger partial charge < -0.3 is 13.9 Å². The van der Waals surface area contributed by atoms with Crippen molar-refractivity contribution < 1.29 is 9.21 Å². The number of furan rings is 1. The van der Waals surface area contributed by atoms with Crippen LogP contribution in [-0.4, -0.2) is 41.5 Å². The van der Waals surface area contributed by atoms with Crippen LogP contribution in [0.4, 0.5) is 0 Å². The average molecular weight is 415 g/mol. The number of halogens is 1. The standard InChI is InChI=1S/C18H15ClN6O2S/c1-9-15-21-22-16(17-20-10(2)23-28-17)25(15)7-6-24(9)18(26)12-3-4-13(19)11-5-8-27-14(11)12/h3-5,8-9H,6-7H2,1-2H3/t9-/m1/s1. The van der Waals surface area contributed by atoms with Crippen LogP contribution < -0.4 is 0 Å². The monoisotopic (exact) mass is 414 g/mol. The minimum Gasteiger partial charge on any atom is -0.463 e. The molecule has 0 spiro atoms. The fourth-order valence-corrected chi connectivity index (χ4v) is 4.44. The van der Waals surface area contributed by atoms with Crippen molar-refractivity contribution in [1.82, 2.24) is 29.0 Å². The Hall–Kier alpha value is -2.78. The van der Waals surface area contributed by atoms with E-state index < -0.39 is 0 Å². The summed E-state index contributed by atoms with van der Waals surface area (Å²) < 4.78 is 11.8. The number of aryl methyl sites for hydroxylation is 1. The summed E-state index contributed by atoms with van der Waals surface area (Å²) in [7, 11) is 0. The predicted molar refractivity (Wildman–Crippen MR) is 104 cm³/mol. The lowest BCUT2D eigenvalue weighted by Gasteiger charge is -2.33. The van der Waals surface area contributed by atoms with Crippen LogP contribution >= 0.6 is 23.1 Å². The van der Waals surface area contributed by atoms with E-state index in [4.69, 9.17) is 16.0 Å². The van der Waals surface area contributed by atoms with Crippen LogP contribution in [0.5, 0.6) is 0 Å². The summed E-state index contributed by atoms with van der Waals surface area (Å²) >= 11 is 7.50. The molecule has 10 heteroatoms. The fraction of sp³-hybridized carbons (Fsp3) is 0.278. The minimum absolute atomic E-state index is 0.119. The molecular formula is C18H15ClN6O2S. The molecule has 0 N–H and O–H groups in total. The Kier molecular flexibility index (Phi) is 3.95. The van der Waals surface area contributed by atoms with Gasteiger partial charge in [-0.05, 0) is 43.6 Å². The molecular weight excluding hydrogens is 400 g/mol. The van der Waals surface area contributed by atoms with Crippen LogP contribution in [-0.2, 0) is 6.54 Å². The van der Waals surface area contributed by atoms with Crippen molar-refractivity contribution in [3.05, 3.63) is 46.7 Å². The second kappa shape index (κ2) is 6.39. The Morgan fingerprint density at radius 3 is 2.93 bits per heavy atom. The Balaban J connectivity index is 1.50. The van der Waals surface area contributed by atoms with Crippen LogP contribution in [0.3, 0.4) is 0 Å². The predicted octanol–water partition coefficient (Wildman–Crippen LogP) is 3.72. The smallest absolute Gasteiger partial charge is 0.258 e. The van der Waals surface area contributed by atoms with E-state index in [1.54, 1.807) is 29.4 Å². The van der Waals surface area contributed by atoms with Crippen molar-refractivity contribution in [3.8, 4) is 10.8 Å². The number of carbonyl (C=O) groups is 1. The summed E-state index contributed by atoms with van der Waals surface area (Å²) in [6.45, 7) is 4.90. The van der Waals surface area contributed by atoms with Crippen molar-refractivity contribution in [2.45, 2.75) is 26.4 Å².